The molecule has 16 nitrogen and oxygen atoms in total. The normalized spacial score (nSPS) is 23.0. The predicted molar refractivity (Wildman–Crippen MR) is 172 cm³/mol. The summed E-state index contributed by atoms with van der Waals surface area (Å²) in [6, 6.07) is 10.6. The maximum Gasteiger partial charge on any atom is 0.459 e. The summed E-state index contributed by atoms with van der Waals surface area (Å²) in [5.41, 5.74) is 5.09. The summed E-state index contributed by atoms with van der Waals surface area (Å²) in [6.07, 6.45) is -3.64. The molecule has 17 heteroatoms. The summed E-state index contributed by atoms with van der Waals surface area (Å²) in [4.78, 5) is 16.7. The Morgan fingerprint density at radius 1 is 1.17 bits per heavy atom. The molecular formula is C31H43N6O10P. The van der Waals surface area contributed by atoms with E-state index in [0.717, 1.165) is 5.56 Å². The van der Waals surface area contributed by atoms with E-state index in [4.69, 9.17) is 33.7 Å². The minimum Gasteiger partial charge on any atom is -0.462 e. The van der Waals surface area contributed by atoms with Gasteiger partial charge in [0.1, 0.15) is 54.6 Å². The second kappa shape index (κ2) is 15.7. The quantitative estimate of drug-likeness (QED) is 0.0961. The van der Waals surface area contributed by atoms with Crippen LogP contribution in [0.15, 0.2) is 42.7 Å². The van der Waals surface area contributed by atoms with Gasteiger partial charge in [-0.2, -0.15) is 15.4 Å². The second-order valence-electron chi connectivity index (χ2n) is 12.1. The molecule has 0 radical (unpaired) electrons. The molecule has 1 unspecified atom stereocenters. The van der Waals surface area contributed by atoms with Crippen molar-refractivity contribution in [1.82, 2.24) is 19.7 Å². The van der Waals surface area contributed by atoms with E-state index in [1.54, 1.807) is 18.2 Å². The molecule has 1 fully saturated rings. The Hall–Kier alpha value is -3.65. The Kier molecular flexibility index (Phi) is 12.2. The Morgan fingerprint density at radius 3 is 2.52 bits per heavy atom. The molecule has 262 valence electrons. The van der Waals surface area contributed by atoms with Crippen molar-refractivity contribution in [2.24, 2.45) is 0 Å². The Balaban J connectivity index is 1.50. The third-order valence-corrected chi connectivity index (χ3v) is 9.24. The molecule has 2 aromatic heterocycles. The van der Waals surface area contributed by atoms with Crippen LogP contribution < -0.4 is 15.3 Å². The van der Waals surface area contributed by atoms with Crippen molar-refractivity contribution in [3.8, 4) is 11.8 Å². The smallest absolute Gasteiger partial charge is 0.459 e. The van der Waals surface area contributed by atoms with E-state index in [9.17, 15) is 24.8 Å². The molecule has 3 aromatic rings. The first-order valence-electron chi connectivity index (χ1n) is 15.4. The lowest BCUT2D eigenvalue weighted by atomic mass is 9.87. The first kappa shape index (κ1) is 37.2. The van der Waals surface area contributed by atoms with E-state index in [1.807, 2.05) is 45.9 Å². The molecule has 1 aliphatic rings. The molecule has 6 atom stereocenters. The van der Waals surface area contributed by atoms with Gasteiger partial charge in [0.25, 0.3) is 0 Å². The van der Waals surface area contributed by atoms with E-state index >= 15 is 0 Å². The number of fused-ring (bicyclic) bond motifs is 1. The van der Waals surface area contributed by atoms with E-state index in [0.29, 0.717) is 25.3 Å². The molecule has 0 aliphatic carbocycles. The van der Waals surface area contributed by atoms with Crippen LogP contribution >= 0.6 is 7.75 Å². The lowest BCUT2D eigenvalue weighted by molar-refractivity contribution is -0.147. The number of aliphatic hydroxyl groups excluding tert-OH is 2. The number of aromatic nitrogens is 3. The molecule has 0 spiro atoms. The van der Waals surface area contributed by atoms with Crippen molar-refractivity contribution in [1.29, 1.82) is 5.26 Å². The van der Waals surface area contributed by atoms with E-state index in [2.05, 4.69) is 15.2 Å². The van der Waals surface area contributed by atoms with Crippen LogP contribution in [0.4, 0.5) is 5.82 Å². The molecule has 4 rings (SSSR count). The van der Waals surface area contributed by atoms with Gasteiger partial charge in [0.05, 0.1) is 32.1 Å². The molecule has 0 bridgehead atoms. The highest BCUT2D eigenvalue weighted by atomic mass is 31.2. The molecule has 3 heterocycles. The molecule has 1 aromatic carbocycles. The molecule has 0 saturated carbocycles. The number of nitriles is 1. The highest BCUT2D eigenvalue weighted by molar-refractivity contribution is 7.52. The van der Waals surface area contributed by atoms with Crippen molar-refractivity contribution >= 4 is 25.1 Å². The van der Waals surface area contributed by atoms with Crippen molar-refractivity contribution in [3.63, 3.8) is 0 Å². The van der Waals surface area contributed by atoms with Gasteiger partial charge < -0.3 is 39.4 Å². The monoisotopic (exact) mass is 690 g/mol. The van der Waals surface area contributed by atoms with E-state index < -0.39 is 50.3 Å². The number of anilines is 1. The van der Waals surface area contributed by atoms with Crippen LogP contribution in [0.5, 0.6) is 5.75 Å². The van der Waals surface area contributed by atoms with Gasteiger partial charge in [-0.3, -0.25) is 9.32 Å². The lowest BCUT2D eigenvalue weighted by Gasteiger charge is -2.26. The molecular weight excluding hydrogens is 647 g/mol. The van der Waals surface area contributed by atoms with Crippen molar-refractivity contribution in [3.05, 3.63) is 54.0 Å². The summed E-state index contributed by atoms with van der Waals surface area (Å²) in [6.45, 7) is 10.2. The number of hydrogen-bond donors (Lipinski definition) is 4. The number of rotatable bonds is 16. The minimum absolute atomic E-state index is 0.0571. The summed E-state index contributed by atoms with van der Waals surface area (Å²) in [7, 11) is -4.42. The largest absolute Gasteiger partial charge is 0.462 e. The second-order valence-corrected chi connectivity index (χ2v) is 13.8. The van der Waals surface area contributed by atoms with Crippen LogP contribution in [-0.2, 0) is 43.8 Å². The molecule has 48 heavy (non-hydrogen) atoms. The lowest BCUT2D eigenvalue weighted by Crippen LogP contribution is -2.41. The first-order valence-corrected chi connectivity index (χ1v) is 17.0. The van der Waals surface area contributed by atoms with Gasteiger partial charge in [0.15, 0.2) is 5.82 Å². The molecule has 0 amide bonds. The number of ether oxygens (including phenoxy) is 4. The zero-order valence-corrected chi connectivity index (χ0v) is 28.5. The summed E-state index contributed by atoms with van der Waals surface area (Å²) in [5.74, 6) is -0.464. The van der Waals surface area contributed by atoms with Crippen LogP contribution in [0.3, 0.4) is 0 Å². The number of benzene rings is 1. The van der Waals surface area contributed by atoms with Gasteiger partial charge in [-0.25, -0.2) is 14.1 Å². The van der Waals surface area contributed by atoms with Gasteiger partial charge in [-0.05, 0) is 49.1 Å². The first-order chi connectivity index (χ1) is 22.7. The summed E-state index contributed by atoms with van der Waals surface area (Å²) in [5, 5.41) is 39.0. The third kappa shape index (κ3) is 8.49. The zero-order chi connectivity index (χ0) is 35.1. The van der Waals surface area contributed by atoms with E-state index in [1.165, 1.54) is 23.8 Å². The Bertz CT molecular complexity index is 1620. The number of aliphatic hydroxyl groups is 2. The predicted octanol–water partition coefficient (Wildman–Crippen LogP) is 2.23. The van der Waals surface area contributed by atoms with Crippen LogP contribution in [0.2, 0.25) is 0 Å². The van der Waals surface area contributed by atoms with Gasteiger partial charge in [-0.15, -0.1) is 0 Å². The number of carbonyl (C=O) groups is 1. The highest BCUT2D eigenvalue weighted by Crippen LogP contribution is 2.47. The van der Waals surface area contributed by atoms with Gasteiger partial charge in [0.2, 0.25) is 5.60 Å². The average molecular weight is 691 g/mol. The number of carbonyl (C=O) groups excluding carboxylic acids is 1. The van der Waals surface area contributed by atoms with Crippen LogP contribution in [0.1, 0.15) is 45.9 Å². The number of esters is 1. The number of nitrogens with two attached hydrogens (primary N) is 1. The van der Waals surface area contributed by atoms with Crippen LogP contribution in [0, 0.1) is 11.3 Å². The maximum absolute atomic E-state index is 14.2. The van der Waals surface area contributed by atoms with Crippen LogP contribution in [-0.4, -0.2) is 94.8 Å². The number of nitrogens with one attached hydrogen (secondary N) is 1. The van der Waals surface area contributed by atoms with Crippen molar-refractivity contribution in [2.75, 3.05) is 45.4 Å². The van der Waals surface area contributed by atoms with Gasteiger partial charge in [0, 0.05) is 6.61 Å². The van der Waals surface area contributed by atoms with Crippen LogP contribution in [0.25, 0.3) is 5.52 Å². The number of nitrogens with zero attached hydrogens (tertiary/aromatic N) is 4. The topological polar surface area (TPSA) is 222 Å². The molecule has 1 saturated heterocycles. The highest BCUT2D eigenvalue weighted by Gasteiger charge is 2.58. The Labute approximate surface area is 278 Å². The van der Waals surface area contributed by atoms with Gasteiger partial charge in [-0.1, -0.05) is 32.9 Å². The SMILES string of the molecule is CCOCCOCCOC(=O)[C@H](C)NP(=O)(OC[C@H]1O[C@@](C#N)(c2ccc3c(N)ncnn23)[C@H](O)[C@@H]1O)Oc1ccc(C(C)(C)C)cc1. The zero-order valence-electron chi connectivity index (χ0n) is 27.6. The van der Waals surface area contributed by atoms with Gasteiger partial charge >= 0.3 is 13.7 Å². The van der Waals surface area contributed by atoms with Crippen molar-refractivity contribution in [2.45, 2.75) is 70.0 Å². The number of nitrogen functional groups attached to an aromatic ring is 1. The fourth-order valence-electron chi connectivity index (χ4n) is 4.95. The van der Waals surface area contributed by atoms with E-state index in [-0.39, 0.29) is 35.9 Å². The summed E-state index contributed by atoms with van der Waals surface area (Å²) >= 11 is 0. The Morgan fingerprint density at radius 2 is 1.85 bits per heavy atom. The average Bonchev–Trinajstić information content (AvgIpc) is 3.59. The third-order valence-electron chi connectivity index (χ3n) is 7.59. The standard InChI is InChI=1S/C31H43N6O10P/c1-6-42-13-14-43-15-16-44-29(40)20(2)36-48(41,47-22-9-7-21(8-10-22)30(3,4)5)45-17-24-26(38)27(39)31(18-32,46-24)25-12-11-23-28(33)34-19-35-37(23)25/h7-12,19-20,24,26-27,38-39H,6,13-17H2,1-5H3,(H,36,41)(H2,33,34,35)/t20-,24+,26+,27+,31-,48?/m0/s1. The maximum atomic E-state index is 14.2. The fourth-order valence-corrected chi connectivity index (χ4v) is 6.45. The minimum atomic E-state index is -4.42. The summed E-state index contributed by atoms with van der Waals surface area (Å²) < 4.78 is 48.7. The molecule has 5 N–H and O–H groups in total. The fraction of sp³-hybridized carbons (Fsp3) is 0.548. The molecule has 1 aliphatic heterocycles. The number of hydrogen-bond acceptors (Lipinski definition) is 14. The van der Waals surface area contributed by atoms with Crippen molar-refractivity contribution < 1.29 is 47.6 Å².